The molecule has 2 unspecified atom stereocenters. The Hall–Kier alpha value is -2.40. The minimum absolute atomic E-state index is 0.0586. The van der Waals surface area contributed by atoms with Crippen molar-refractivity contribution in [3.63, 3.8) is 0 Å². The first kappa shape index (κ1) is 28.8. The van der Waals surface area contributed by atoms with E-state index in [0.717, 1.165) is 46.2 Å². The first-order chi connectivity index (χ1) is 16.4. The Kier molecular flexibility index (Phi) is 10.3. The summed E-state index contributed by atoms with van der Waals surface area (Å²) in [5, 5.41) is 11.0. The van der Waals surface area contributed by atoms with E-state index in [-0.39, 0.29) is 36.2 Å². The number of aliphatic imine (C=N–C) groups is 1. The number of benzene rings is 2. The third kappa shape index (κ3) is 8.64. The lowest BCUT2D eigenvalue weighted by molar-refractivity contribution is -0.122. The quantitative estimate of drug-likeness (QED) is 0.259. The molecule has 3 rings (SSSR count). The van der Waals surface area contributed by atoms with Gasteiger partial charge in [-0.3, -0.25) is 9.79 Å². The standard InChI is InChI=1S/C23H28F4N2OS2.CH2O2/c1-5-17-7-9-19(32(25,26)27)11-21(17)30-13-22-29-23(4,14-31-22)12-16(3)28-20-10-18(24)8-6-15(20)2;2-1-3/h6-11,16,28H,5,12-14H2,1-4H3;1H,(H,2,3). The Labute approximate surface area is 209 Å². The molecule has 5 nitrogen and oxygen atoms in total. The van der Waals surface area contributed by atoms with Crippen molar-refractivity contribution in [3.05, 3.63) is 53.3 Å². The van der Waals surface area contributed by atoms with Crippen LogP contribution in [0.15, 0.2) is 46.3 Å². The van der Waals surface area contributed by atoms with E-state index in [2.05, 4.69) is 12.2 Å². The van der Waals surface area contributed by atoms with E-state index in [4.69, 9.17) is 19.6 Å². The summed E-state index contributed by atoms with van der Waals surface area (Å²) in [6.45, 7) is 7.79. The second-order valence-corrected chi connectivity index (χ2v) is 10.8. The van der Waals surface area contributed by atoms with E-state index in [1.54, 1.807) is 17.8 Å². The van der Waals surface area contributed by atoms with Gasteiger partial charge in [0.25, 0.3) is 6.47 Å². The summed E-state index contributed by atoms with van der Waals surface area (Å²) in [5.41, 5.74) is 2.14. The third-order valence-corrected chi connectivity index (χ3v) is 7.43. The van der Waals surface area contributed by atoms with Gasteiger partial charge in [0.2, 0.25) is 11.2 Å². The number of carbonyl (C=O) groups is 1. The van der Waals surface area contributed by atoms with Gasteiger partial charge in [0.1, 0.15) is 23.2 Å². The zero-order valence-electron chi connectivity index (χ0n) is 20.0. The normalized spacial score (nSPS) is 18.7. The van der Waals surface area contributed by atoms with Crippen LogP contribution in [-0.2, 0) is 11.2 Å². The summed E-state index contributed by atoms with van der Waals surface area (Å²) >= 11 is -3.73. The molecule has 0 fully saturated rings. The predicted octanol–water partition coefficient (Wildman–Crippen LogP) is 7.39. The number of nitrogens with one attached hydrogen (secondary N) is 1. The van der Waals surface area contributed by atoms with Gasteiger partial charge in [-0.1, -0.05) is 19.1 Å². The molecule has 2 atom stereocenters. The molecule has 194 valence electrons. The molecule has 1 aliphatic heterocycles. The number of ether oxygens (including phenoxy) is 1. The summed E-state index contributed by atoms with van der Waals surface area (Å²) < 4.78 is 58.8. The lowest BCUT2D eigenvalue weighted by Gasteiger charge is -2.26. The average molecular weight is 535 g/mol. The number of anilines is 1. The van der Waals surface area contributed by atoms with Crippen molar-refractivity contribution in [3.8, 4) is 5.75 Å². The van der Waals surface area contributed by atoms with Crippen molar-refractivity contribution in [2.45, 2.75) is 57.0 Å². The molecule has 2 aromatic carbocycles. The van der Waals surface area contributed by atoms with Gasteiger partial charge < -0.3 is 15.2 Å². The first-order valence-electron chi connectivity index (χ1n) is 10.9. The van der Waals surface area contributed by atoms with Crippen LogP contribution in [0.3, 0.4) is 0 Å². The topological polar surface area (TPSA) is 70.9 Å². The van der Waals surface area contributed by atoms with Gasteiger partial charge in [-0.15, -0.1) is 23.4 Å². The highest BCUT2D eigenvalue weighted by Gasteiger charge is 2.33. The molecule has 0 radical (unpaired) electrons. The molecule has 0 bridgehead atoms. The fourth-order valence-electron chi connectivity index (χ4n) is 3.75. The maximum absolute atomic E-state index is 13.6. The molecule has 11 heteroatoms. The van der Waals surface area contributed by atoms with Gasteiger partial charge in [0.15, 0.2) is 0 Å². The number of hydrogen-bond donors (Lipinski definition) is 2. The second kappa shape index (κ2) is 12.5. The SMILES string of the molecule is CCc1ccc(S(F)(F)F)cc1OCC1=NC(C)(CC(C)Nc2cc(F)ccc2C)CS1.O=CO. The zero-order chi connectivity index (χ0) is 26.2. The van der Waals surface area contributed by atoms with Crippen LogP contribution in [0.4, 0.5) is 21.7 Å². The molecular formula is C24H30F4N2O3S2. The molecule has 35 heavy (non-hydrogen) atoms. The van der Waals surface area contributed by atoms with E-state index >= 15 is 0 Å². The molecular weight excluding hydrogens is 504 g/mol. The predicted molar refractivity (Wildman–Crippen MR) is 136 cm³/mol. The van der Waals surface area contributed by atoms with Crippen LogP contribution in [-0.4, -0.2) is 40.6 Å². The number of thioether (sulfide) groups is 1. The van der Waals surface area contributed by atoms with Crippen molar-refractivity contribution in [2.75, 3.05) is 17.7 Å². The average Bonchev–Trinajstić information content (AvgIpc) is 3.14. The lowest BCUT2D eigenvalue weighted by Crippen LogP contribution is -2.31. The highest BCUT2D eigenvalue weighted by molar-refractivity contribution is 8.20. The number of rotatable bonds is 9. The Morgan fingerprint density at radius 2 is 1.97 bits per heavy atom. The van der Waals surface area contributed by atoms with Crippen LogP contribution in [0, 0.1) is 12.7 Å². The smallest absolute Gasteiger partial charge is 0.290 e. The highest BCUT2D eigenvalue weighted by Crippen LogP contribution is 2.61. The van der Waals surface area contributed by atoms with Gasteiger partial charge in [0.05, 0.1) is 10.4 Å². The number of aryl methyl sites for hydroxylation is 2. The molecule has 0 amide bonds. The minimum atomic E-state index is -5.30. The van der Waals surface area contributed by atoms with Crippen molar-refractivity contribution in [2.24, 2.45) is 4.99 Å². The van der Waals surface area contributed by atoms with Crippen molar-refractivity contribution in [1.82, 2.24) is 0 Å². The summed E-state index contributed by atoms with van der Waals surface area (Å²) in [7, 11) is 0. The van der Waals surface area contributed by atoms with Crippen molar-refractivity contribution < 1.29 is 30.7 Å². The summed E-state index contributed by atoms with van der Waals surface area (Å²) in [6, 6.07) is 8.43. The molecule has 0 saturated heterocycles. The molecule has 0 spiro atoms. The van der Waals surface area contributed by atoms with Gasteiger partial charge >= 0.3 is 0 Å². The summed E-state index contributed by atoms with van der Waals surface area (Å²) in [5.74, 6) is 0.740. The largest absolute Gasteiger partial charge is 0.486 e. The van der Waals surface area contributed by atoms with E-state index < -0.39 is 16.1 Å². The van der Waals surface area contributed by atoms with Gasteiger partial charge in [-0.25, -0.2) is 4.39 Å². The molecule has 0 aliphatic carbocycles. The monoisotopic (exact) mass is 534 g/mol. The van der Waals surface area contributed by atoms with Gasteiger partial charge in [0, 0.05) is 17.5 Å². The Balaban J connectivity index is 0.00000137. The molecule has 0 aromatic heterocycles. The van der Waals surface area contributed by atoms with E-state index in [0.29, 0.717) is 6.42 Å². The maximum atomic E-state index is 13.6. The number of nitrogens with zero attached hydrogens (tertiary/aromatic N) is 1. The van der Waals surface area contributed by atoms with Gasteiger partial charge in [-0.05, 0) is 69.0 Å². The first-order valence-corrected chi connectivity index (χ1v) is 13.2. The van der Waals surface area contributed by atoms with Crippen LogP contribution >= 0.6 is 22.9 Å². The van der Waals surface area contributed by atoms with E-state index in [9.17, 15) is 16.0 Å². The van der Waals surface area contributed by atoms with E-state index in [1.807, 2.05) is 20.8 Å². The van der Waals surface area contributed by atoms with Crippen molar-refractivity contribution in [1.29, 1.82) is 0 Å². The minimum Gasteiger partial charge on any atom is -0.486 e. The fourth-order valence-corrected chi connectivity index (χ4v) is 5.30. The number of hydrogen-bond acceptors (Lipinski definition) is 5. The highest BCUT2D eigenvalue weighted by atomic mass is 32.3. The number of halogens is 4. The van der Waals surface area contributed by atoms with Crippen LogP contribution in [0.2, 0.25) is 0 Å². The summed E-state index contributed by atoms with van der Waals surface area (Å²) in [6.07, 6.45) is 1.31. The van der Waals surface area contributed by atoms with Crippen molar-refractivity contribution >= 4 is 40.2 Å². The molecule has 1 aliphatic rings. The number of carboxylic acid groups (broad SMARTS) is 1. The van der Waals surface area contributed by atoms with Crippen LogP contribution in [0.1, 0.15) is 38.3 Å². The Bertz CT molecular complexity index is 1050. The molecule has 0 saturated carbocycles. The van der Waals surface area contributed by atoms with Crippen LogP contribution < -0.4 is 10.1 Å². The Morgan fingerprint density at radius 3 is 2.60 bits per heavy atom. The van der Waals surface area contributed by atoms with E-state index in [1.165, 1.54) is 18.2 Å². The fraction of sp³-hybridized carbons (Fsp3) is 0.417. The maximum Gasteiger partial charge on any atom is 0.290 e. The summed E-state index contributed by atoms with van der Waals surface area (Å²) in [4.78, 5) is 12.5. The Morgan fingerprint density at radius 1 is 1.29 bits per heavy atom. The lowest BCUT2D eigenvalue weighted by atomic mass is 9.96. The van der Waals surface area contributed by atoms with Crippen LogP contribution in [0.5, 0.6) is 5.75 Å². The molecule has 1 heterocycles. The zero-order valence-corrected chi connectivity index (χ0v) is 21.6. The molecule has 2 N–H and O–H groups in total. The second-order valence-electron chi connectivity index (χ2n) is 8.42. The third-order valence-electron chi connectivity index (χ3n) is 5.33. The van der Waals surface area contributed by atoms with Gasteiger partial charge in [-0.2, -0.15) is 0 Å². The molecule has 2 aromatic rings. The van der Waals surface area contributed by atoms with Crippen LogP contribution in [0.25, 0.3) is 0 Å².